The maximum absolute atomic E-state index is 13.0. The molecular weight excluding hydrogens is 155 g/mol. The monoisotopic (exact) mass is 168 g/mol. The van der Waals surface area contributed by atoms with Crippen molar-refractivity contribution >= 4 is 0 Å². The number of halogens is 1. The van der Waals surface area contributed by atoms with Crippen molar-refractivity contribution in [3.63, 3.8) is 0 Å². The van der Waals surface area contributed by atoms with Gasteiger partial charge in [0.1, 0.15) is 5.82 Å². The van der Waals surface area contributed by atoms with E-state index in [1.165, 1.54) is 6.07 Å². The molecule has 2 heteroatoms. The summed E-state index contributed by atoms with van der Waals surface area (Å²) in [6.45, 7) is 1.88. The van der Waals surface area contributed by atoms with Gasteiger partial charge in [-0.2, -0.15) is 0 Å². The number of benzene rings is 1. The molecule has 0 aliphatic heterocycles. The summed E-state index contributed by atoms with van der Waals surface area (Å²) in [7, 11) is 0. The van der Waals surface area contributed by atoms with Crippen LogP contribution in [0.4, 0.5) is 4.39 Å². The minimum Gasteiger partial charge on any atom is -0.393 e. The van der Waals surface area contributed by atoms with E-state index in [0.717, 1.165) is 0 Å². The van der Waals surface area contributed by atoms with Crippen molar-refractivity contribution in [3.05, 3.63) is 35.6 Å². The second-order valence-corrected chi connectivity index (χ2v) is 2.86. The van der Waals surface area contributed by atoms with Crippen molar-refractivity contribution in [2.75, 3.05) is 0 Å². The summed E-state index contributed by atoms with van der Waals surface area (Å²) in [5.74, 6) is -0.231. The van der Waals surface area contributed by atoms with Crippen LogP contribution in [0, 0.1) is 5.82 Å². The number of aliphatic hydroxyl groups is 1. The van der Waals surface area contributed by atoms with Crippen LogP contribution in [0.2, 0.25) is 0 Å². The largest absolute Gasteiger partial charge is 0.393 e. The van der Waals surface area contributed by atoms with E-state index in [1.54, 1.807) is 18.2 Å². The van der Waals surface area contributed by atoms with Gasteiger partial charge in [0.05, 0.1) is 6.10 Å². The fourth-order valence-electron chi connectivity index (χ4n) is 1.06. The lowest BCUT2D eigenvalue weighted by Gasteiger charge is -2.07. The van der Waals surface area contributed by atoms with E-state index in [0.29, 0.717) is 18.4 Å². The lowest BCUT2D eigenvalue weighted by molar-refractivity contribution is 0.169. The summed E-state index contributed by atoms with van der Waals surface area (Å²) in [4.78, 5) is 0. The number of hydrogen-bond donors (Lipinski definition) is 1. The summed E-state index contributed by atoms with van der Waals surface area (Å²) in [5, 5.41) is 9.27. The van der Waals surface area contributed by atoms with E-state index in [-0.39, 0.29) is 5.82 Å². The van der Waals surface area contributed by atoms with E-state index in [2.05, 4.69) is 0 Å². The summed E-state index contributed by atoms with van der Waals surface area (Å²) in [6, 6.07) is 6.55. The van der Waals surface area contributed by atoms with Crippen LogP contribution >= 0.6 is 0 Å². The van der Waals surface area contributed by atoms with Gasteiger partial charge in [-0.15, -0.1) is 0 Å². The maximum Gasteiger partial charge on any atom is 0.126 e. The fourth-order valence-corrected chi connectivity index (χ4v) is 1.06. The zero-order valence-corrected chi connectivity index (χ0v) is 7.13. The summed E-state index contributed by atoms with van der Waals surface area (Å²) in [6.07, 6.45) is 0.638. The van der Waals surface area contributed by atoms with Gasteiger partial charge in [0.25, 0.3) is 0 Å². The van der Waals surface area contributed by atoms with Gasteiger partial charge in [-0.1, -0.05) is 25.1 Å². The summed E-state index contributed by atoms with van der Waals surface area (Å²) >= 11 is 0. The lowest BCUT2D eigenvalue weighted by atomic mass is 10.1. The predicted octanol–water partition coefficient (Wildman–Crippen LogP) is 2.14. The quantitative estimate of drug-likeness (QED) is 0.733. The molecule has 12 heavy (non-hydrogen) atoms. The molecule has 0 aliphatic rings. The Morgan fingerprint density at radius 2 is 2.08 bits per heavy atom. The number of rotatable bonds is 3. The SMILES string of the molecule is CCC(O)Cc1ccccc1F. The first-order chi connectivity index (χ1) is 5.74. The highest BCUT2D eigenvalue weighted by atomic mass is 19.1. The third-order valence-corrected chi connectivity index (χ3v) is 1.88. The second-order valence-electron chi connectivity index (χ2n) is 2.86. The Kier molecular flexibility index (Phi) is 3.23. The van der Waals surface area contributed by atoms with Gasteiger partial charge in [0.15, 0.2) is 0 Å². The maximum atomic E-state index is 13.0. The molecule has 1 N–H and O–H groups in total. The van der Waals surface area contributed by atoms with Crippen LogP contribution in [-0.4, -0.2) is 11.2 Å². The van der Waals surface area contributed by atoms with Gasteiger partial charge in [-0.3, -0.25) is 0 Å². The molecule has 66 valence electrons. The van der Waals surface area contributed by atoms with Crippen molar-refractivity contribution in [1.29, 1.82) is 0 Å². The topological polar surface area (TPSA) is 20.2 Å². The fraction of sp³-hybridized carbons (Fsp3) is 0.400. The second kappa shape index (κ2) is 4.21. The van der Waals surface area contributed by atoms with Crippen LogP contribution in [0.1, 0.15) is 18.9 Å². The van der Waals surface area contributed by atoms with Crippen LogP contribution in [0.25, 0.3) is 0 Å². The standard InChI is InChI=1S/C10H13FO/c1-2-9(12)7-8-5-3-4-6-10(8)11/h3-6,9,12H,2,7H2,1H3. The highest BCUT2D eigenvalue weighted by Gasteiger charge is 2.05. The molecular formula is C10H13FO. The molecule has 1 nitrogen and oxygen atoms in total. The Morgan fingerprint density at radius 1 is 1.42 bits per heavy atom. The van der Waals surface area contributed by atoms with Crippen LogP contribution in [0.5, 0.6) is 0 Å². The van der Waals surface area contributed by atoms with Gasteiger partial charge in [-0.05, 0) is 18.1 Å². The van der Waals surface area contributed by atoms with Gasteiger partial charge >= 0.3 is 0 Å². The van der Waals surface area contributed by atoms with E-state index >= 15 is 0 Å². The zero-order valence-electron chi connectivity index (χ0n) is 7.13. The normalized spacial score (nSPS) is 12.9. The van der Waals surface area contributed by atoms with Gasteiger partial charge < -0.3 is 5.11 Å². The Bertz CT molecular complexity index is 247. The molecule has 0 aromatic heterocycles. The first kappa shape index (κ1) is 9.20. The molecule has 1 unspecified atom stereocenters. The number of aliphatic hydroxyl groups excluding tert-OH is 1. The molecule has 0 bridgehead atoms. The van der Waals surface area contributed by atoms with E-state index < -0.39 is 6.10 Å². The van der Waals surface area contributed by atoms with Crippen molar-refractivity contribution in [2.45, 2.75) is 25.9 Å². The highest BCUT2D eigenvalue weighted by Crippen LogP contribution is 2.10. The van der Waals surface area contributed by atoms with Crippen molar-refractivity contribution in [3.8, 4) is 0 Å². The molecule has 0 radical (unpaired) electrons. The van der Waals surface area contributed by atoms with Gasteiger partial charge in [-0.25, -0.2) is 4.39 Å². The molecule has 0 fully saturated rings. The van der Waals surface area contributed by atoms with Crippen LogP contribution < -0.4 is 0 Å². The van der Waals surface area contributed by atoms with Crippen molar-refractivity contribution < 1.29 is 9.50 Å². The van der Waals surface area contributed by atoms with Crippen molar-refractivity contribution in [2.24, 2.45) is 0 Å². The molecule has 0 spiro atoms. The Morgan fingerprint density at radius 3 is 2.67 bits per heavy atom. The van der Waals surface area contributed by atoms with Crippen LogP contribution in [-0.2, 0) is 6.42 Å². The molecule has 0 heterocycles. The average Bonchev–Trinajstić information content (AvgIpc) is 2.09. The first-order valence-corrected chi connectivity index (χ1v) is 4.15. The molecule has 1 atom stereocenters. The van der Waals surface area contributed by atoms with Crippen molar-refractivity contribution in [1.82, 2.24) is 0 Å². The van der Waals surface area contributed by atoms with Gasteiger partial charge in [0, 0.05) is 6.42 Å². The molecule has 0 aliphatic carbocycles. The molecule has 1 aromatic rings. The third-order valence-electron chi connectivity index (χ3n) is 1.88. The molecule has 0 saturated heterocycles. The molecule has 1 aromatic carbocycles. The zero-order chi connectivity index (χ0) is 8.97. The Hall–Kier alpha value is -0.890. The predicted molar refractivity (Wildman–Crippen MR) is 46.4 cm³/mol. The smallest absolute Gasteiger partial charge is 0.126 e. The third kappa shape index (κ3) is 2.31. The van der Waals surface area contributed by atoms with Gasteiger partial charge in [0.2, 0.25) is 0 Å². The summed E-state index contributed by atoms with van der Waals surface area (Å²) < 4.78 is 13.0. The van der Waals surface area contributed by atoms with E-state index in [9.17, 15) is 9.50 Å². The average molecular weight is 168 g/mol. The van der Waals surface area contributed by atoms with E-state index in [1.807, 2.05) is 6.92 Å². The Labute approximate surface area is 71.9 Å². The lowest BCUT2D eigenvalue weighted by Crippen LogP contribution is -2.09. The highest BCUT2D eigenvalue weighted by molar-refractivity contribution is 5.17. The minimum atomic E-state index is -0.429. The summed E-state index contributed by atoms with van der Waals surface area (Å²) in [5.41, 5.74) is 0.590. The molecule has 1 rings (SSSR count). The minimum absolute atomic E-state index is 0.231. The number of hydrogen-bond acceptors (Lipinski definition) is 1. The van der Waals surface area contributed by atoms with Crippen LogP contribution in [0.3, 0.4) is 0 Å². The molecule has 0 amide bonds. The van der Waals surface area contributed by atoms with Crippen LogP contribution in [0.15, 0.2) is 24.3 Å². The Balaban J connectivity index is 2.69. The van der Waals surface area contributed by atoms with E-state index in [4.69, 9.17) is 0 Å². The first-order valence-electron chi connectivity index (χ1n) is 4.15. The molecule has 0 saturated carbocycles.